The van der Waals surface area contributed by atoms with Crippen LogP contribution in [0.15, 0.2) is 0 Å². The van der Waals surface area contributed by atoms with Gasteiger partial charge in [0.15, 0.2) is 0 Å². The minimum Gasteiger partial charge on any atom is -0.548 e. The molecule has 1 saturated heterocycles. The fraction of sp³-hybridized carbons (Fsp3) is 0.833. The van der Waals surface area contributed by atoms with Crippen molar-refractivity contribution in [2.24, 2.45) is 5.92 Å². The highest BCUT2D eigenvalue weighted by Gasteiger charge is 2.18. The summed E-state index contributed by atoms with van der Waals surface area (Å²) in [6, 6.07) is -1.44. The number of carboxylic acids is 1. The maximum Gasteiger partial charge on any atom is 0.315 e. The van der Waals surface area contributed by atoms with Gasteiger partial charge in [-0.25, -0.2) is 4.79 Å². The van der Waals surface area contributed by atoms with E-state index in [0.29, 0.717) is 13.0 Å². The number of ether oxygens (including phenoxy) is 1. The standard InChI is InChI=1S/C12H22N2O4/c1-8(2)6-10(11(15)16)14-12(17)13-7-9-4-3-5-18-9/h8-10H,3-7H2,1-2H3,(H,15,16)(H2,13,14,17)/p-1/t9-,10+/m1/s1. The Bertz CT molecular complexity index is 288. The van der Waals surface area contributed by atoms with E-state index in [2.05, 4.69) is 10.6 Å². The van der Waals surface area contributed by atoms with E-state index in [1.165, 1.54) is 0 Å². The maximum atomic E-state index is 11.5. The van der Waals surface area contributed by atoms with Gasteiger partial charge in [-0.15, -0.1) is 0 Å². The van der Waals surface area contributed by atoms with Gasteiger partial charge in [-0.2, -0.15) is 0 Å². The van der Waals surface area contributed by atoms with Crippen LogP contribution in [-0.4, -0.2) is 37.3 Å². The molecular formula is C12H21N2O4-. The largest absolute Gasteiger partial charge is 0.548 e. The van der Waals surface area contributed by atoms with Gasteiger partial charge < -0.3 is 25.3 Å². The summed E-state index contributed by atoms with van der Waals surface area (Å²) in [5.74, 6) is -1.08. The quantitative estimate of drug-likeness (QED) is 0.679. The maximum absolute atomic E-state index is 11.5. The van der Waals surface area contributed by atoms with Crippen molar-refractivity contribution in [3.63, 3.8) is 0 Å². The molecule has 2 atom stereocenters. The highest BCUT2D eigenvalue weighted by Crippen LogP contribution is 2.10. The molecule has 1 aliphatic heterocycles. The molecule has 6 nitrogen and oxygen atoms in total. The zero-order valence-corrected chi connectivity index (χ0v) is 10.9. The summed E-state index contributed by atoms with van der Waals surface area (Å²) in [5, 5.41) is 15.9. The fourth-order valence-corrected chi connectivity index (χ4v) is 1.91. The molecule has 0 saturated carbocycles. The third-order valence-electron chi connectivity index (χ3n) is 2.81. The Labute approximate surface area is 107 Å². The molecule has 1 rings (SSSR count). The zero-order chi connectivity index (χ0) is 13.5. The van der Waals surface area contributed by atoms with E-state index in [-0.39, 0.29) is 12.0 Å². The van der Waals surface area contributed by atoms with E-state index < -0.39 is 18.0 Å². The normalized spacial score (nSPS) is 20.7. The van der Waals surface area contributed by atoms with E-state index in [0.717, 1.165) is 19.4 Å². The summed E-state index contributed by atoms with van der Waals surface area (Å²) in [6.45, 7) is 4.92. The third kappa shape index (κ3) is 5.35. The summed E-state index contributed by atoms with van der Waals surface area (Å²) in [4.78, 5) is 22.4. The van der Waals surface area contributed by atoms with Crippen molar-refractivity contribution in [3.05, 3.63) is 0 Å². The van der Waals surface area contributed by atoms with Gasteiger partial charge in [0.05, 0.1) is 18.1 Å². The van der Waals surface area contributed by atoms with Crippen LogP contribution >= 0.6 is 0 Å². The molecule has 0 spiro atoms. The van der Waals surface area contributed by atoms with Crippen molar-refractivity contribution in [2.75, 3.05) is 13.2 Å². The fourth-order valence-electron chi connectivity index (χ4n) is 1.91. The molecule has 6 heteroatoms. The van der Waals surface area contributed by atoms with Crippen molar-refractivity contribution >= 4 is 12.0 Å². The number of carbonyl (C=O) groups is 2. The summed E-state index contributed by atoms with van der Waals surface area (Å²) in [6.07, 6.45) is 2.33. The van der Waals surface area contributed by atoms with Crippen molar-refractivity contribution in [2.45, 2.75) is 45.3 Å². The van der Waals surface area contributed by atoms with Crippen LogP contribution in [-0.2, 0) is 9.53 Å². The van der Waals surface area contributed by atoms with E-state index in [1.807, 2.05) is 13.8 Å². The van der Waals surface area contributed by atoms with E-state index in [1.54, 1.807) is 0 Å². The van der Waals surface area contributed by atoms with Crippen LogP contribution in [0.5, 0.6) is 0 Å². The Balaban J connectivity index is 2.29. The zero-order valence-electron chi connectivity index (χ0n) is 10.9. The average molecular weight is 257 g/mol. The molecule has 0 radical (unpaired) electrons. The molecule has 1 aliphatic rings. The first kappa shape index (κ1) is 14.8. The predicted octanol–water partition coefficient (Wildman–Crippen LogP) is -0.371. The van der Waals surface area contributed by atoms with Crippen molar-refractivity contribution < 1.29 is 19.4 Å². The minimum atomic E-state index is -1.25. The number of amides is 2. The number of aliphatic carboxylic acids is 1. The van der Waals surface area contributed by atoms with Gasteiger partial charge >= 0.3 is 6.03 Å². The summed E-state index contributed by atoms with van der Waals surface area (Å²) in [5.41, 5.74) is 0. The van der Waals surface area contributed by atoms with Crippen LogP contribution in [0.2, 0.25) is 0 Å². The van der Waals surface area contributed by atoms with E-state index >= 15 is 0 Å². The molecule has 2 amide bonds. The number of hydrogen-bond acceptors (Lipinski definition) is 4. The second-order valence-electron chi connectivity index (χ2n) is 4.99. The second kappa shape index (κ2) is 7.20. The first-order chi connectivity index (χ1) is 8.49. The molecule has 0 aromatic carbocycles. The van der Waals surface area contributed by atoms with E-state index in [4.69, 9.17) is 4.74 Å². The Morgan fingerprint density at radius 1 is 1.44 bits per heavy atom. The molecule has 1 heterocycles. The number of rotatable bonds is 6. The average Bonchev–Trinajstić information content (AvgIpc) is 2.77. The molecule has 0 aromatic heterocycles. The lowest BCUT2D eigenvalue weighted by molar-refractivity contribution is -0.308. The number of hydrogen-bond donors (Lipinski definition) is 2. The van der Waals surface area contributed by atoms with Gasteiger partial charge in [-0.3, -0.25) is 0 Å². The molecule has 18 heavy (non-hydrogen) atoms. The van der Waals surface area contributed by atoms with Gasteiger partial charge in [0, 0.05) is 13.2 Å². The van der Waals surface area contributed by atoms with Crippen molar-refractivity contribution in [3.8, 4) is 0 Å². The lowest BCUT2D eigenvalue weighted by atomic mass is 10.0. The molecule has 2 N–H and O–H groups in total. The molecule has 0 bridgehead atoms. The van der Waals surface area contributed by atoms with Crippen molar-refractivity contribution in [1.82, 2.24) is 10.6 Å². The van der Waals surface area contributed by atoms with Crippen LogP contribution in [0.3, 0.4) is 0 Å². The molecule has 104 valence electrons. The molecular weight excluding hydrogens is 236 g/mol. The third-order valence-corrected chi connectivity index (χ3v) is 2.81. The lowest BCUT2D eigenvalue weighted by Gasteiger charge is -2.22. The van der Waals surface area contributed by atoms with Gasteiger partial charge in [0.2, 0.25) is 0 Å². The molecule has 0 aromatic rings. The predicted molar refractivity (Wildman–Crippen MR) is 63.8 cm³/mol. The van der Waals surface area contributed by atoms with Crippen LogP contribution in [0, 0.1) is 5.92 Å². The summed E-state index contributed by atoms with van der Waals surface area (Å²) >= 11 is 0. The first-order valence-electron chi connectivity index (χ1n) is 6.36. The highest BCUT2D eigenvalue weighted by atomic mass is 16.5. The Kier molecular flexibility index (Phi) is 5.91. The molecule has 0 aliphatic carbocycles. The SMILES string of the molecule is CC(C)C[C@H](NC(=O)NC[C@H]1CCCO1)C(=O)[O-]. The Morgan fingerprint density at radius 2 is 2.17 bits per heavy atom. The van der Waals surface area contributed by atoms with Crippen LogP contribution in [0.25, 0.3) is 0 Å². The van der Waals surface area contributed by atoms with Gasteiger partial charge in [0.1, 0.15) is 0 Å². The molecule has 1 fully saturated rings. The summed E-state index contributed by atoms with van der Waals surface area (Å²) < 4.78 is 5.35. The molecule has 0 unspecified atom stereocenters. The second-order valence-corrected chi connectivity index (χ2v) is 4.99. The Hall–Kier alpha value is -1.30. The highest BCUT2D eigenvalue weighted by molar-refractivity contribution is 5.81. The van der Waals surface area contributed by atoms with E-state index in [9.17, 15) is 14.7 Å². The number of carbonyl (C=O) groups excluding carboxylic acids is 2. The van der Waals surface area contributed by atoms with Gasteiger partial charge in [-0.1, -0.05) is 13.8 Å². The van der Waals surface area contributed by atoms with Crippen LogP contribution < -0.4 is 15.7 Å². The number of nitrogens with one attached hydrogen (secondary N) is 2. The van der Waals surface area contributed by atoms with Crippen molar-refractivity contribution in [1.29, 1.82) is 0 Å². The van der Waals surface area contributed by atoms with Gasteiger partial charge in [-0.05, 0) is 25.2 Å². The van der Waals surface area contributed by atoms with Crippen LogP contribution in [0.4, 0.5) is 4.79 Å². The summed E-state index contributed by atoms with van der Waals surface area (Å²) in [7, 11) is 0. The topological polar surface area (TPSA) is 90.5 Å². The lowest BCUT2D eigenvalue weighted by Crippen LogP contribution is -2.52. The number of carboxylic acid groups (broad SMARTS) is 1. The smallest absolute Gasteiger partial charge is 0.315 e. The monoisotopic (exact) mass is 257 g/mol. The minimum absolute atomic E-state index is 0.0438. The Morgan fingerprint density at radius 3 is 2.67 bits per heavy atom. The first-order valence-corrected chi connectivity index (χ1v) is 6.36. The number of urea groups is 1. The van der Waals surface area contributed by atoms with Gasteiger partial charge in [0.25, 0.3) is 0 Å². The van der Waals surface area contributed by atoms with Crippen LogP contribution in [0.1, 0.15) is 33.1 Å².